The molecule has 3 rings (SSSR count). The summed E-state index contributed by atoms with van der Waals surface area (Å²) >= 11 is 7.67. The number of hydrogen-bond donors (Lipinski definition) is 1. The van der Waals surface area contributed by atoms with Crippen molar-refractivity contribution in [3.63, 3.8) is 0 Å². The first kappa shape index (κ1) is 12.5. The molecule has 7 heteroatoms. The normalized spacial score (nSPS) is 15.7. The molecule has 1 aliphatic heterocycles. The Morgan fingerprint density at radius 2 is 2.37 bits per heavy atom. The van der Waals surface area contributed by atoms with Crippen molar-refractivity contribution in [1.29, 1.82) is 0 Å². The Morgan fingerprint density at radius 3 is 3.11 bits per heavy atom. The van der Waals surface area contributed by atoms with Gasteiger partial charge in [-0.1, -0.05) is 22.9 Å². The van der Waals surface area contributed by atoms with Crippen molar-refractivity contribution in [2.45, 2.75) is 0 Å². The smallest absolute Gasteiger partial charge is 0.239 e. The van der Waals surface area contributed by atoms with Gasteiger partial charge in [-0.25, -0.2) is 4.98 Å². The van der Waals surface area contributed by atoms with E-state index in [1.54, 1.807) is 19.2 Å². The van der Waals surface area contributed by atoms with Crippen LogP contribution in [0, 0.1) is 0 Å². The molecule has 0 radical (unpaired) electrons. The highest BCUT2D eigenvalue weighted by atomic mass is 35.5. The molecule has 0 bridgehead atoms. The van der Waals surface area contributed by atoms with Crippen LogP contribution in [0.4, 0.5) is 5.13 Å². The van der Waals surface area contributed by atoms with Crippen LogP contribution in [-0.2, 0) is 4.79 Å². The Hall–Kier alpha value is -1.53. The van der Waals surface area contributed by atoms with Gasteiger partial charge in [-0.15, -0.1) is 0 Å². The number of nitrogens with one attached hydrogen (secondary N) is 1. The molecule has 100 valence electrons. The minimum Gasteiger partial charge on any atom is -0.494 e. The summed E-state index contributed by atoms with van der Waals surface area (Å²) in [7, 11) is 1.61. The van der Waals surface area contributed by atoms with Crippen molar-refractivity contribution in [1.82, 2.24) is 10.3 Å². The van der Waals surface area contributed by atoms with Crippen LogP contribution < -0.4 is 15.0 Å². The zero-order valence-electron chi connectivity index (χ0n) is 10.3. The van der Waals surface area contributed by atoms with E-state index < -0.39 is 0 Å². The molecule has 0 atom stereocenters. The van der Waals surface area contributed by atoms with Crippen LogP contribution in [0.25, 0.3) is 10.2 Å². The van der Waals surface area contributed by atoms with Crippen LogP contribution in [0.15, 0.2) is 12.1 Å². The van der Waals surface area contributed by atoms with E-state index in [1.807, 2.05) is 4.90 Å². The summed E-state index contributed by atoms with van der Waals surface area (Å²) in [6.45, 7) is 1.73. The fraction of sp³-hybridized carbons (Fsp3) is 0.333. The van der Waals surface area contributed by atoms with Crippen molar-refractivity contribution >= 4 is 44.2 Å². The number of halogens is 1. The van der Waals surface area contributed by atoms with E-state index in [4.69, 9.17) is 16.3 Å². The van der Waals surface area contributed by atoms with E-state index in [2.05, 4.69) is 10.3 Å². The summed E-state index contributed by atoms with van der Waals surface area (Å²) in [6, 6.07) is 3.60. The number of ether oxygens (including phenoxy) is 1. The van der Waals surface area contributed by atoms with Crippen LogP contribution >= 0.6 is 22.9 Å². The van der Waals surface area contributed by atoms with E-state index in [1.165, 1.54) is 11.3 Å². The average Bonchev–Trinajstić information content (AvgIpc) is 2.85. The number of benzene rings is 1. The summed E-state index contributed by atoms with van der Waals surface area (Å²) in [5, 5.41) is 4.25. The fourth-order valence-corrected chi connectivity index (χ4v) is 3.32. The number of rotatable bonds is 2. The van der Waals surface area contributed by atoms with Crippen molar-refractivity contribution in [3.8, 4) is 5.75 Å². The molecule has 1 fully saturated rings. The van der Waals surface area contributed by atoms with Crippen LogP contribution in [-0.4, -0.2) is 37.6 Å². The third kappa shape index (κ3) is 2.21. The lowest BCUT2D eigenvalue weighted by Gasteiger charge is -2.25. The predicted octanol–water partition coefficient (Wildman–Crippen LogP) is 1.89. The topological polar surface area (TPSA) is 54.5 Å². The first-order valence-corrected chi connectivity index (χ1v) is 7.03. The van der Waals surface area contributed by atoms with Gasteiger partial charge in [-0.2, -0.15) is 0 Å². The Bertz CT molecular complexity index is 643. The Labute approximate surface area is 119 Å². The predicted molar refractivity (Wildman–Crippen MR) is 76.4 cm³/mol. The monoisotopic (exact) mass is 297 g/mol. The molecule has 5 nitrogen and oxygen atoms in total. The quantitative estimate of drug-likeness (QED) is 0.920. The maximum Gasteiger partial charge on any atom is 0.239 e. The van der Waals surface area contributed by atoms with Crippen LogP contribution in [0.2, 0.25) is 5.02 Å². The molecular weight excluding hydrogens is 286 g/mol. The number of carbonyl (C=O) groups excluding carboxylic acids is 1. The summed E-state index contributed by atoms with van der Waals surface area (Å²) < 4.78 is 6.18. The standard InChI is InChI=1S/C12H12ClN3O2S/c1-18-8-3-2-7(13)11-10(8)15-12(19-11)16-5-4-14-9(17)6-16/h2-3H,4-6H2,1H3,(H,14,17). The number of piperazine rings is 1. The Morgan fingerprint density at radius 1 is 1.53 bits per heavy atom. The highest BCUT2D eigenvalue weighted by Gasteiger charge is 2.21. The van der Waals surface area contributed by atoms with Crippen LogP contribution in [0.5, 0.6) is 5.75 Å². The highest BCUT2D eigenvalue weighted by molar-refractivity contribution is 7.22. The molecule has 1 aliphatic rings. The molecule has 0 spiro atoms. The zero-order valence-corrected chi connectivity index (χ0v) is 11.8. The van der Waals surface area contributed by atoms with E-state index >= 15 is 0 Å². The van der Waals surface area contributed by atoms with Gasteiger partial charge in [0.05, 0.1) is 23.4 Å². The van der Waals surface area contributed by atoms with Gasteiger partial charge in [0, 0.05) is 13.1 Å². The summed E-state index contributed by atoms with van der Waals surface area (Å²) in [5.41, 5.74) is 0.751. The molecule has 1 aromatic heterocycles. The molecule has 0 unspecified atom stereocenters. The molecule has 0 aliphatic carbocycles. The highest BCUT2D eigenvalue weighted by Crippen LogP contribution is 2.38. The van der Waals surface area contributed by atoms with E-state index in [-0.39, 0.29) is 5.91 Å². The lowest BCUT2D eigenvalue weighted by molar-refractivity contribution is -0.120. The molecule has 2 aromatic rings. The average molecular weight is 298 g/mol. The molecule has 1 aromatic carbocycles. The largest absolute Gasteiger partial charge is 0.494 e. The van der Waals surface area contributed by atoms with Gasteiger partial charge >= 0.3 is 0 Å². The van der Waals surface area contributed by atoms with Gasteiger partial charge in [0.25, 0.3) is 0 Å². The Kier molecular flexibility index (Phi) is 3.20. The van der Waals surface area contributed by atoms with Gasteiger partial charge in [-0.3, -0.25) is 4.79 Å². The van der Waals surface area contributed by atoms with Gasteiger partial charge in [0.15, 0.2) is 5.13 Å². The number of carbonyl (C=O) groups is 1. The first-order valence-electron chi connectivity index (χ1n) is 5.83. The van der Waals surface area contributed by atoms with Crippen molar-refractivity contribution < 1.29 is 9.53 Å². The Balaban J connectivity index is 2.05. The maximum atomic E-state index is 11.4. The van der Waals surface area contributed by atoms with Crippen molar-refractivity contribution in [2.24, 2.45) is 0 Å². The lowest BCUT2D eigenvalue weighted by Crippen LogP contribution is -2.47. The minimum absolute atomic E-state index is 0.0172. The third-order valence-corrected chi connectivity index (χ3v) is 4.55. The second-order valence-electron chi connectivity index (χ2n) is 4.20. The first-order chi connectivity index (χ1) is 9.19. The van der Waals surface area contributed by atoms with Gasteiger partial charge in [-0.05, 0) is 12.1 Å². The van der Waals surface area contributed by atoms with Crippen LogP contribution in [0.1, 0.15) is 0 Å². The SMILES string of the molecule is COc1ccc(Cl)c2sc(N3CCNC(=O)C3)nc12. The summed E-state index contributed by atoms with van der Waals surface area (Å²) in [5.74, 6) is 0.715. The molecule has 19 heavy (non-hydrogen) atoms. The number of anilines is 1. The van der Waals surface area contributed by atoms with Gasteiger partial charge in [0.2, 0.25) is 5.91 Å². The number of thiazole rings is 1. The molecule has 2 heterocycles. The summed E-state index contributed by atoms with van der Waals surface area (Å²) in [6.07, 6.45) is 0. The fourth-order valence-electron chi connectivity index (χ4n) is 2.04. The van der Waals surface area contributed by atoms with Crippen LogP contribution in [0.3, 0.4) is 0 Å². The molecular formula is C12H12ClN3O2S. The zero-order chi connectivity index (χ0) is 13.4. The van der Waals surface area contributed by atoms with Gasteiger partial charge < -0.3 is 15.0 Å². The molecule has 1 amide bonds. The minimum atomic E-state index is 0.0172. The molecule has 1 saturated heterocycles. The molecule has 1 N–H and O–H groups in total. The third-order valence-electron chi connectivity index (χ3n) is 2.98. The number of aromatic nitrogens is 1. The second-order valence-corrected chi connectivity index (χ2v) is 5.58. The van der Waals surface area contributed by atoms with Gasteiger partial charge in [0.1, 0.15) is 11.3 Å². The molecule has 0 saturated carbocycles. The maximum absolute atomic E-state index is 11.4. The van der Waals surface area contributed by atoms with E-state index in [0.29, 0.717) is 23.9 Å². The van der Waals surface area contributed by atoms with E-state index in [0.717, 1.165) is 21.9 Å². The van der Waals surface area contributed by atoms with Crippen molar-refractivity contribution in [3.05, 3.63) is 17.2 Å². The lowest BCUT2D eigenvalue weighted by atomic mass is 10.3. The number of hydrogen-bond acceptors (Lipinski definition) is 5. The second kappa shape index (κ2) is 4.86. The van der Waals surface area contributed by atoms with Crippen molar-refractivity contribution in [2.75, 3.05) is 31.6 Å². The number of fused-ring (bicyclic) bond motifs is 1. The number of amides is 1. The van der Waals surface area contributed by atoms with E-state index in [9.17, 15) is 4.79 Å². The number of nitrogens with zero attached hydrogens (tertiary/aromatic N) is 2. The number of methoxy groups -OCH3 is 1. The summed E-state index contributed by atoms with van der Waals surface area (Å²) in [4.78, 5) is 17.9.